The van der Waals surface area contributed by atoms with Crippen LogP contribution in [-0.2, 0) is 11.2 Å². The molecule has 2 aromatic rings. The van der Waals surface area contributed by atoms with Crippen molar-refractivity contribution in [1.82, 2.24) is 16.2 Å². The molecule has 1 heterocycles. The SMILES string of the molecule is COc1cccc(CCC(=O)NC2NNC(C)C2c2ccc(F)cc2)c1. The Morgan fingerprint density at radius 1 is 1.19 bits per heavy atom. The highest BCUT2D eigenvalue weighted by atomic mass is 19.1. The van der Waals surface area contributed by atoms with Gasteiger partial charge in [0, 0.05) is 18.4 Å². The molecule has 0 radical (unpaired) electrons. The molecule has 3 N–H and O–H groups in total. The van der Waals surface area contributed by atoms with Gasteiger partial charge in [0.1, 0.15) is 17.7 Å². The molecular weight excluding hydrogens is 333 g/mol. The molecule has 0 spiro atoms. The Kier molecular flexibility index (Phi) is 5.85. The molecule has 0 aliphatic carbocycles. The van der Waals surface area contributed by atoms with Crippen molar-refractivity contribution < 1.29 is 13.9 Å². The minimum absolute atomic E-state index is 0.0244. The summed E-state index contributed by atoms with van der Waals surface area (Å²) in [5.74, 6) is 0.513. The summed E-state index contributed by atoms with van der Waals surface area (Å²) in [4.78, 5) is 12.4. The Morgan fingerprint density at radius 2 is 1.96 bits per heavy atom. The number of aryl methyl sites for hydroxylation is 1. The first-order valence-electron chi connectivity index (χ1n) is 8.75. The fourth-order valence-electron chi connectivity index (χ4n) is 3.31. The third kappa shape index (κ3) is 4.39. The Hall–Kier alpha value is -2.44. The number of methoxy groups -OCH3 is 1. The van der Waals surface area contributed by atoms with Gasteiger partial charge in [-0.05, 0) is 48.7 Å². The van der Waals surface area contributed by atoms with Crippen molar-refractivity contribution in [2.24, 2.45) is 0 Å². The number of benzene rings is 2. The van der Waals surface area contributed by atoms with E-state index in [1.165, 1.54) is 12.1 Å². The van der Waals surface area contributed by atoms with Crippen LogP contribution < -0.4 is 20.9 Å². The average Bonchev–Trinajstić information content (AvgIpc) is 3.01. The van der Waals surface area contributed by atoms with E-state index in [9.17, 15) is 9.18 Å². The van der Waals surface area contributed by atoms with Crippen molar-refractivity contribution in [2.45, 2.75) is 37.9 Å². The highest BCUT2D eigenvalue weighted by Crippen LogP contribution is 2.26. The number of hydrazine groups is 1. The largest absolute Gasteiger partial charge is 0.497 e. The zero-order valence-corrected chi connectivity index (χ0v) is 15.0. The molecule has 138 valence electrons. The van der Waals surface area contributed by atoms with Crippen molar-refractivity contribution >= 4 is 5.91 Å². The van der Waals surface area contributed by atoms with E-state index in [0.717, 1.165) is 16.9 Å². The third-order valence-corrected chi connectivity index (χ3v) is 4.71. The fraction of sp³-hybridized carbons (Fsp3) is 0.350. The van der Waals surface area contributed by atoms with Gasteiger partial charge < -0.3 is 10.1 Å². The normalized spacial score (nSPS) is 22.2. The number of ether oxygens (including phenoxy) is 1. The van der Waals surface area contributed by atoms with E-state index in [4.69, 9.17) is 4.74 Å². The number of halogens is 1. The second-order valence-corrected chi connectivity index (χ2v) is 6.55. The Morgan fingerprint density at radius 3 is 2.69 bits per heavy atom. The summed E-state index contributed by atoms with van der Waals surface area (Å²) in [5, 5.41) is 3.03. The second kappa shape index (κ2) is 8.29. The quantitative estimate of drug-likeness (QED) is 0.743. The molecule has 1 amide bonds. The first kappa shape index (κ1) is 18.4. The molecule has 0 bridgehead atoms. The van der Waals surface area contributed by atoms with Gasteiger partial charge in [0.15, 0.2) is 0 Å². The molecular formula is C20H24FN3O2. The monoisotopic (exact) mass is 357 g/mol. The number of hydrogen-bond acceptors (Lipinski definition) is 4. The standard InChI is InChI=1S/C20H24FN3O2/c1-13-19(15-7-9-16(21)10-8-15)20(24-23-13)22-18(25)11-6-14-4-3-5-17(12-14)26-2/h3-5,7-10,12-13,19-20,23-24H,6,11H2,1-2H3,(H,22,25). The van der Waals surface area contributed by atoms with Crippen LogP contribution in [0, 0.1) is 5.82 Å². The summed E-state index contributed by atoms with van der Waals surface area (Å²) in [6, 6.07) is 14.3. The number of carbonyl (C=O) groups excluding carboxylic acids is 1. The average molecular weight is 357 g/mol. The predicted octanol–water partition coefficient (Wildman–Crippen LogP) is 2.49. The highest BCUT2D eigenvalue weighted by molar-refractivity contribution is 5.76. The predicted molar refractivity (Wildman–Crippen MR) is 98.1 cm³/mol. The van der Waals surface area contributed by atoms with Gasteiger partial charge in [0.25, 0.3) is 0 Å². The van der Waals surface area contributed by atoms with E-state index in [1.54, 1.807) is 19.2 Å². The molecule has 0 saturated carbocycles. The smallest absolute Gasteiger partial charge is 0.221 e. The van der Waals surface area contributed by atoms with Gasteiger partial charge in [-0.3, -0.25) is 10.2 Å². The molecule has 6 heteroatoms. The summed E-state index contributed by atoms with van der Waals surface area (Å²) < 4.78 is 18.4. The van der Waals surface area contributed by atoms with Crippen molar-refractivity contribution in [3.8, 4) is 5.75 Å². The summed E-state index contributed by atoms with van der Waals surface area (Å²) in [6.45, 7) is 2.03. The van der Waals surface area contributed by atoms with Crippen molar-refractivity contribution in [2.75, 3.05) is 7.11 Å². The molecule has 5 nitrogen and oxygen atoms in total. The zero-order valence-electron chi connectivity index (χ0n) is 15.0. The second-order valence-electron chi connectivity index (χ2n) is 6.55. The molecule has 2 aromatic carbocycles. The fourth-order valence-corrected chi connectivity index (χ4v) is 3.31. The van der Waals surface area contributed by atoms with Crippen LogP contribution in [0.25, 0.3) is 0 Å². The number of rotatable bonds is 6. The molecule has 3 atom stereocenters. The number of amides is 1. The lowest BCUT2D eigenvalue weighted by atomic mass is 9.91. The van der Waals surface area contributed by atoms with Crippen molar-refractivity contribution in [3.05, 3.63) is 65.5 Å². The Labute approximate surface area is 152 Å². The summed E-state index contributed by atoms with van der Waals surface area (Å²) in [6.07, 6.45) is 0.781. The number of nitrogens with one attached hydrogen (secondary N) is 3. The zero-order chi connectivity index (χ0) is 18.5. The summed E-state index contributed by atoms with van der Waals surface area (Å²) in [5.41, 5.74) is 8.31. The van der Waals surface area contributed by atoms with Crippen LogP contribution in [0.15, 0.2) is 48.5 Å². The van der Waals surface area contributed by atoms with Crippen molar-refractivity contribution in [1.29, 1.82) is 0 Å². The molecule has 1 saturated heterocycles. The van der Waals surface area contributed by atoms with Crippen LogP contribution >= 0.6 is 0 Å². The van der Waals surface area contributed by atoms with Crippen LogP contribution in [0.2, 0.25) is 0 Å². The van der Waals surface area contributed by atoms with E-state index in [2.05, 4.69) is 16.2 Å². The van der Waals surface area contributed by atoms with Gasteiger partial charge in [-0.25, -0.2) is 9.82 Å². The number of carbonyl (C=O) groups is 1. The van der Waals surface area contributed by atoms with Gasteiger partial charge in [-0.1, -0.05) is 24.3 Å². The molecule has 0 aromatic heterocycles. The molecule has 3 rings (SSSR count). The minimum atomic E-state index is -0.265. The third-order valence-electron chi connectivity index (χ3n) is 4.71. The van der Waals surface area contributed by atoms with Gasteiger partial charge in [-0.15, -0.1) is 0 Å². The maximum atomic E-state index is 13.2. The molecule has 1 aliphatic rings. The van der Waals surface area contributed by atoms with Crippen LogP contribution in [-0.4, -0.2) is 25.2 Å². The van der Waals surface area contributed by atoms with Gasteiger partial charge in [-0.2, -0.15) is 0 Å². The maximum absolute atomic E-state index is 13.2. The van der Waals surface area contributed by atoms with Gasteiger partial charge in [0.05, 0.1) is 7.11 Å². The van der Waals surface area contributed by atoms with E-state index in [0.29, 0.717) is 12.8 Å². The topological polar surface area (TPSA) is 62.4 Å². The van der Waals surface area contributed by atoms with E-state index >= 15 is 0 Å². The van der Waals surface area contributed by atoms with Crippen LogP contribution in [0.4, 0.5) is 4.39 Å². The van der Waals surface area contributed by atoms with Gasteiger partial charge >= 0.3 is 0 Å². The van der Waals surface area contributed by atoms with E-state index in [-0.39, 0.29) is 29.8 Å². The first-order valence-corrected chi connectivity index (χ1v) is 8.75. The molecule has 1 fully saturated rings. The lowest BCUT2D eigenvalue weighted by molar-refractivity contribution is -0.122. The van der Waals surface area contributed by atoms with E-state index < -0.39 is 0 Å². The Balaban J connectivity index is 1.59. The lowest BCUT2D eigenvalue weighted by Crippen LogP contribution is -2.46. The lowest BCUT2D eigenvalue weighted by Gasteiger charge is -2.22. The maximum Gasteiger partial charge on any atom is 0.221 e. The molecule has 1 aliphatic heterocycles. The van der Waals surface area contributed by atoms with Crippen molar-refractivity contribution in [3.63, 3.8) is 0 Å². The van der Waals surface area contributed by atoms with Crippen LogP contribution in [0.3, 0.4) is 0 Å². The highest BCUT2D eigenvalue weighted by Gasteiger charge is 2.35. The first-order chi connectivity index (χ1) is 12.6. The van der Waals surface area contributed by atoms with E-state index in [1.807, 2.05) is 31.2 Å². The van der Waals surface area contributed by atoms with Crippen LogP contribution in [0.5, 0.6) is 5.75 Å². The Bertz CT molecular complexity index is 751. The molecule has 26 heavy (non-hydrogen) atoms. The van der Waals surface area contributed by atoms with Gasteiger partial charge in [0.2, 0.25) is 5.91 Å². The molecule has 3 unspecified atom stereocenters. The summed E-state index contributed by atoms with van der Waals surface area (Å²) >= 11 is 0. The summed E-state index contributed by atoms with van der Waals surface area (Å²) in [7, 11) is 1.63. The minimum Gasteiger partial charge on any atom is -0.497 e. The van der Waals surface area contributed by atoms with Crippen LogP contribution in [0.1, 0.15) is 30.4 Å². The number of hydrogen-bond donors (Lipinski definition) is 3.